The number of benzene rings is 1. The van der Waals surface area contributed by atoms with Gasteiger partial charge in [-0.1, -0.05) is 6.07 Å². The van der Waals surface area contributed by atoms with Crippen LogP contribution in [0.1, 0.15) is 16.1 Å². The number of nitrogens with one attached hydrogen (secondary N) is 1. The summed E-state index contributed by atoms with van der Waals surface area (Å²) >= 11 is 0. The number of furan rings is 1. The zero-order valence-electron chi connectivity index (χ0n) is 11.8. The van der Waals surface area contributed by atoms with Crippen LogP contribution in [0.3, 0.4) is 0 Å². The highest BCUT2D eigenvalue weighted by Gasteiger charge is 2.10. The van der Waals surface area contributed by atoms with E-state index < -0.39 is 0 Å². The van der Waals surface area contributed by atoms with E-state index in [-0.39, 0.29) is 18.5 Å². The molecule has 1 N–H and O–H groups in total. The van der Waals surface area contributed by atoms with E-state index in [2.05, 4.69) is 10.3 Å². The summed E-state index contributed by atoms with van der Waals surface area (Å²) in [6, 6.07) is 10.5. The highest BCUT2D eigenvalue weighted by Crippen LogP contribution is 2.12. The van der Waals surface area contributed by atoms with E-state index in [0.717, 1.165) is 0 Å². The van der Waals surface area contributed by atoms with Gasteiger partial charge in [-0.2, -0.15) is 0 Å². The molecule has 110 valence electrons. The van der Waals surface area contributed by atoms with Crippen molar-refractivity contribution in [2.45, 2.75) is 6.54 Å². The fourth-order valence-corrected chi connectivity index (χ4v) is 1.64. The Hall–Kier alpha value is -2.76. The summed E-state index contributed by atoms with van der Waals surface area (Å²) in [5, 5.41) is 2.59. The number of carbonyl (C=O) groups is 1. The number of carbonyl (C=O) groups excluding carboxylic acids is 1. The smallest absolute Gasteiger partial charge is 0.291 e. The van der Waals surface area contributed by atoms with E-state index in [4.69, 9.17) is 13.9 Å². The van der Waals surface area contributed by atoms with Crippen LogP contribution in [-0.4, -0.2) is 26.1 Å². The van der Waals surface area contributed by atoms with Crippen LogP contribution >= 0.6 is 0 Å². The van der Waals surface area contributed by atoms with Gasteiger partial charge in [-0.3, -0.25) is 10.1 Å². The van der Waals surface area contributed by atoms with Crippen LogP contribution in [0, 0.1) is 0 Å². The topological polar surface area (TPSA) is 73.1 Å². The van der Waals surface area contributed by atoms with Crippen LogP contribution in [0.4, 0.5) is 0 Å². The maximum absolute atomic E-state index is 12.1. The minimum Gasteiger partial charge on any atom is -0.497 e. The molecule has 0 saturated heterocycles. The van der Waals surface area contributed by atoms with Gasteiger partial charge in [-0.15, -0.1) is 0 Å². The van der Waals surface area contributed by atoms with E-state index in [0.29, 0.717) is 17.1 Å². The third-order valence-electron chi connectivity index (χ3n) is 2.70. The van der Waals surface area contributed by atoms with Crippen LogP contribution in [0.5, 0.6) is 5.75 Å². The molecular weight excluding hydrogens is 272 g/mol. The molecule has 0 radical (unpaired) electrons. The Labute approximate surface area is 122 Å². The van der Waals surface area contributed by atoms with Crippen molar-refractivity contribution in [3.8, 4) is 5.75 Å². The first-order chi connectivity index (χ1) is 10.2. The summed E-state index contributed by atoms with van der Waals surface area (Å²) < 4.78 is 15.3. The quantitative estimate of drug-likeness (QED) is 0.691. The highest BCUT2D eigenvalue weighted by molar-refractivity contribution is 6.04. The molecule has 6 nitrogen and oxygen atoms in total. The molecule has 6 heteroatoms. The summed E-state index contributed by atoms with van der Waals surface area (Å²) in [5.41, 5.74) is 0.456. The molecular formula is C15H16N2O4. The first-order valence-electron chi connectivity index (χ1n) is 6.29. The minimum atomic E-state index is -0.325. The van der Waals surface area contributed by atoms with Crippen molar-refractivity contribution in [3.63, 3.8) is 0 Å². The molecule has 2 rings (SSSR count). The van der Waals surface area contributed by atoms with Gasteiger partial charge < -0.3 is 13.9 Å². The van der Waals surface area contributed by atoms with Crippen LogP contribution < -0.4 is 10.1 Å². The number of aliphatic imine (C=N–C) groups is 1. The van der Waals surface area contributed by atoms with Crippen molar-refractivity contribution in [1.82, 2.24) is 5.32 Å². The predicted octanol–water partition coefficient (Wildman–Crippen LogP) is 2.22. The van der Waals surface area contributed by atoms with Gasteiger partial charge >= 0.3 is 0 Å². The van der Waals surface area contributed by atoms with Crippen molar-refractivity contribution in [2.24, 2.45) is 4.99 Å². The molecule has 21 heavy (non-hydrogen) atoms. The monoisotopic (exact) mass is 288 g/mol. The van der Waals surface area contributed by atoms with E-state index >= 15 is 0 Å². The van der Waals surface area contributed by atoms with Gasteiger partial charge in [-0.25, -0.2) is 4.99 Å². The lowest BCUT2D eigenvalue weighted by atomic mass is 10.2. The van der Waals surface area contributed by atoms with E-state index in [1.165, 1.54) is 7.11 Å². The van der Waals surface area contributed by atoms with Gasteiger partial charge in [0, 0.05) is 5.56 Å². The maximum Gasteiger partial charge on any atom is 0.291 e. The summed E-state index contributed by atoms with van der Waals surface area (Å²) in [6.07, 6.45) is 1.56. The Bertz CT molecular complexity index is 620. The Balaban J connectivity index is 2.03. The zero-order valence-corrected chi connectivity index (χ0v) is 11.8. The molecule has 0 aliphatic heterocycles. The number of nitrogens with zero attached hydrogens (tertiary/aromatic N) is 1. The number of methoxy groups -OCH3 is 2. The lowest BCUT2D eigenvalue weighted by molar-refractivity contribution is 0.0968. The van der Waals surface area contributed by atoms with Crippen molar-refractivity contribution in [3.05, 3.63) is 54.0 Å². The average Bonchev–Trinajstić information content (AvgIpc) is 3.04. The summed E-state index contributed by atoms with van der Waals surface area (Å²) in [6.45, 7) is 0.286. The molecule has 0 aliphatic rings. The second-order valence-corrected chi connectivity index (χ2v) is 4.09. The van der Waals surface area contributed by atoms with Crippen LogP contribution in [0.15, 0.2) is 52.1 Å². The molecule has 0 spiro atoms. The third kappa shape index (κ3) is 4.10. The van der Waals surface area contributed by atoms with Crippen molar-refractivity contribution in [2.75, 3.05) is 14.2 Å². The second kappa shape index (κ2) is 7.14. The van der Waals surface area contributed by atoms with Gasteiger partial charge in [0.25, 0.3) is 11.9 Å². The zero-order chi connectivity index (χ0) is 15.1. The summed E-state index contributed by atoms with van der Waals surface area (Å²) in [4.78, 5) is 16.2. The molecule has 1 heterocycles. The number of amides is 1. The Morgan fingerprint density at radius 2 is 2.14 bits per heavy atom. The van der Waals surface area contributed by atoms with Crippen LogP contribution in [0.25, 0.3) is 0 Å². The van der Waals surface area contributed by atoms with Gasteiger partial charge in [0.05, 0.1) is 20.5 Å². The van der Waals surface area contributed by atoms with Crippen molar-refractivity contribution in [1.29, 1.82) is 0 Å². The second-order valence-electron chi connectivity index (χ2n) is 4.09. The fraction of sp³-hybridized carbons (Fsp3) is 0.200. The molecule has 1 amide bonds. The Morgan fingerprint density at radius 3 is 2.81 bits per heavy atom. The summed E-state index contributed by atoms with van der Waals surface area (Å²) in [7, 11) is 2.98. The number of amidine groups is 1. The van der Waals surface area contributed by atoms with Gasteiger partial charge in [0.1, 0.15) is 18.1 Å². The number of ether oxygens (including phenoxy) is 2. The largest absolute Gasteiger partial charge is 0.497 e. The molecule has 0 fully saturated rings. The lowest BCUT2D eigenvalue weighted by Crippen LogP contribution is -2.31. The fourth-order valence-electron chi connectivity index (χ4n) is 1.64. The molecule has 0 unspecified atom stereocenters. The molecule has 0 atom stereocenters. The van der Waals surface area contributed by atoms with Gasteiger partial charge in [0.15, 0.2) is 0 Å². The van der Waals surface area contributed by atoms with Crippen LogP contribution in [-0.2, 0) is 11.3 Å². The number of hydrogen-bond donors (Lipinski definition) is 1. The average molecular weight is 288 g/mol. The van der Waals surface area contributed by atoms with Crippen molar-refractivity contribution >= 4 is 11.9 Å². The maximum atomic E-state index is 12.1. The molecule has 0 aliphatic carbocycles. The molecule has 0 saturated carbocycles. The van der Waals surface area contributed by atoms with Gasteiger partial charge in [0.2, 0.25) is 0 Å². The van der Waals surface area contributed by atoms with Crippen molar-refractivity contribution < 1.29 is 18.7 Å². The first kappa shape index (κ1) is 14.6. The lowest BCUT2D eigenvalue weighted by Gasteiger charge is -2.08. The summed E-state index contributed by atoms with van der Waals surface area (Å²) in [5.74, 6) is 0.961. The standard InChI is InChI=1S/C15H16N2O4/c1-19-12-6-3-5-11(9-12)14(18)17-15(20-2)16-10-13-7-4-8-21-13/h3-9H,10H2,1-2H3,(H,16,17,18). The van der Waals surface area contributed by atoms with Gasteiger partial charge in [-0.05, 0) is 30.3 Å². The molecule has 1 aromatic heterocycles. The Kier molecular flexibility index (Phi) is 4.98. The first-order valence-corrected chi connectivity index (χ1v) is 6.29. The molecule has 2 aromatic rings. The Morgan fingerprint density at radius 1 is 1.29 bits per heavy atom. The predicted molar refractivity (Wildman–Crippen MR) is 77.3 cm³/mol. The minimum absolute atomic E-state index is 0.124. The number of hydrogen-bond acceptors (Lipinski definition) is 5. The van der Waals surface area contributed by atoms with Crippen LogP contribution in [0.2, 0.25) is 0 Å². The third-order valence-corrected chi connectivity index (χ3v) is 2.70. The van der Waals surface area contributed by atoms with E-state index in [9.17, 15) is 4.79 Å². The van der Waals surface area contributed by atoms with E-state index in [1.807, 2.05) is 0 Å². The molecule has 1 aromatic carbocycles. The SMILES string of the molecule is COC(=NCc1ccco1)NC(=O)c1cccc(OC)c1. The normalized spacial score (nSPS) is 11.0. The highest BCUT2D eigenvalue weighted by atomic mass is 16.5. The number of rotatable bonds is 4. The van der Waals surface area contributed by atoms with E-state index in [1.54, 1.807) is 49.8 Å². The molecule has 0 bridgehead atoms.